The lowest BCUT2D eigenvalue weighted by Crippen LogP contribution is -2.18. The van der Waals surface area contributed by atoms with Gasteiger partial charge in [-0.05, 0) is 59.7 Å². The average molecular weight is 316 g/mol. The molecule has 2 rings (SSSR count). The van der Waals surface area contributed by atoms with Gasteiger partial charge in [0, 0.05) is 10.9 Å². The Balaban J connectivity index is 2.32. The lowest BCUT2D eigenvalue weighted by Gasteiger charge is -2.24. The molecule has 1 nitrogen and oxygen atoms in total. The third-order valence-electron chi connectivity index (χ3n) is 4.26. The molecule has 1 unspecified atom stereocenters. The molecule has 0 aliphatic heterocycles. The van der Waals surface area contributed by atoms with Gasteiger partial charge in [-0.1, -0.05) is 62.7 Å². The summed E-state index contributed by atoms with van der Waals surface area (Å²) in [4.78, 5) is 0. The van der Waals surface area contributed by atoms with Gasteiger partial charge in [0.25, 0.3) is 0 Å². The van der Waals surface area contributed by atoms with E-state index in [0.29, 0.717) is 12.5 Å². The summed E-state index contributed by atoms with van der Waals surface area (Å²) in [5.74, 6) is 0.337. The Morgan fingerprint density at radius 1 is 1.05 bits per heavy atom. The second kappa shape index (κ2) is 6.85. The van der Waals surface area contributed by atoms with Gasteiger partial charge in [-0.3, -0.25) is 0 Å². The van der Waals surface area contributed by atoms with Gasteiger partial charge in [0.1, 0.15) is 0 Å². The van der Waals surface area contributed by atoms with Crippen LogP contribution < -0.4 is 5.73 Å². The molecule has 0 heterocycles. The van der Waals surface area contributed by atoms with Crippen LogP contribution in [-0.4, -0.2) is 6.54 Å². The van der Waals surface area contributed by atoms with Gasteiger partial charge in [-0.2, -0.15) is 0 Å². The summed E-state index contributed by atoms with van der Waals surface area (Å²) in [6, 6.07) is 14.9. The zero-order valence-corrected chi connectivity index (χ0v) is 14.7. The summed E-state index contributed by atoms with van der Waals surface area (Å²) in [6.07, 6.45) is 0.947. The van der Waals surface area contributed by atoms with Crippen molar-refractivity contribution in [3.8, 4) is 0 Å². The van der Waals surface area contributed by atoms with Crippen LogP contribution in [0.5, 0.6) is 0 Å². The smallest absolute Gasteiger partial charge is 0.0406 e. The van der Waals surface area contributed by atoms with Crippen LogP contribution in [0.3, 0.4) is 0 Å². The first-order chi connectivity index (χ1) is 10.3. The van der Waals surface area contributed by atoms with Crippen molar-refractivity contribution in [2.24, 2.45) is 5.73 Å². The van der Waals surface area contributed by atoms with Gasteiger partial charge in [-0.15, -0.1) is 0 Å². The van der Waals surface area contributed by atoms with Gasteiger partial charge >= 0.3 is 0 Å². The summed E-state index contributed by atoms with van der Waals surface area (Å²) >= 11 is 5.97. The molecule has 0 radical (unpaired) electrons. The number of hydrogen-bond acceptors (Lipinski definition) is 1. The fourth-order valence-electron chi connectivity index (χ4n) is 2.77. The van der Waals surface area contributed by atoms with Gasteiger partial charge in [0.2, 0.25) is 0 Å². The first-order valence-electron chi connectivity index (χ1n) is 7.87. The van der Waals surface area contributed by atoms with Crippen molar-refractivity contribution in [2.75, 3.05) is 6.54 Å². The SMILES string of the molecule is Cc1ccc(C(C)(C)C)cc1C(CN)Cc1ccc(Cl)cc1. The molecule has 0 saturated carbocycles. The Bertz CT molecular complexity index is 623. The standard InChI is InChI=1S/C20H26ClN/c1-14-5-8-17(20(2,3)4)12-19(14)16(13-22)11-15-6-9-18(21)10-7-15/h5-10,12,16H,11,13,22H2,1-4H3. The largest absolute Gasteiger partial charge is 0.330 e. The Kier molecular flexibility index (Phi) is 5.31. The van der Waals surface area contributed by atoms with E-state index in [1.54, 1.807) is 0 Å². The summed E-state index contributed by atoms with van der Waals surface area (Å²) < 4.78 is 0. The predicted octanol–water partition coefficient (Wildman–Crippen LogP) is 5.23. The minimum absolute atomic E-state index is 0.155. The highest BCUT2D eigenvalue weighted by atomic mass is 35.5. The van der Waals surface area contributed by atoms with Crippen molar-refractivity contribution >= 4 is 11.6 Å². The maximum Gasteiger partial charge on any atom is 0.0406 e. The number of benzene rings is 2. The molecule has 0 bridgehead atoms. The molecule has 118 valence electrons. The zero-order valence-electron chi connectivity index (χ0n) is 14.0. The van der Waals surface area contributed by atoms with Gasteiger partial charge in [0.15, 0.2) is 0 Å². The summed E-state index contributed by atoms with van der Waals surface area (Å²) in [7, 11) is 0. The third-order valence-corrected chi connectivity index (χ3v) is 4.52. The molecular weight excluding hydrogens is 290 g/mol. The van der Waals surface area contributed by atoms with Crippen molar-refractivity contribution in [3.63, 3.8) is 0 Å². The Morgan fingerprint density at radius 3 is 2.23 bits per heavy atom. The van der Waals surface area contributed by atoms with Gasteiger partial charge < -0.3 is 5.73 Å². The molecule has 0 aliphatic rings. The summed E-state index contributed by atoms with van der Waals surface area (Å²) in [6.45, 7) is 9.57. The fraction of sp³-hybridized carbons (Fsp3) is 0.400. The molecule has 2 aromatic rings. The molecule has 22 heavy (non-hydrogen) atoms. The van der Waals surface area contributed by atoms with E-state index >= 15 is 0 Å². The minimum Gasteiger partial charge on any atom is -0.330 e. The van der Waals surface area contributed by atoms with Crippen LogP contribution in [-0.2, 0) is 11.8 Å². The van der Waals surface area contributed by atoms with E-state index in [9.17, 15) is 0 Å². The topological polar surface area (TPSA) is 26.0 Å². The number of hydrogen-bond donors (Lipinski definition) is 1. The van der Waals surface area contributed by atoms with E-state index in [2.05, 4.69) is 58.0 Å². The Hall–Kier alpha value is -1.31. The second-order valence-electron chi connectivity index (χ2n) is 7.08. The predicted molar refractivity (Wildman–Crippen MR) is 96.8 cm³/mol. The van der Waals surface area contributed by atoms with Crippen LogP contribution in [0.2, 0.25) is 5.02 Å². The van der Waals surface area contributed by atoms with Crippen LogP contribution in [0.1, 0.15) is 48.9 Å². The molecule has 0 amide bonds. The maximum atomic E-state index is 6.08. The Labute approximate surface area is 139 Å². The number of rotatable bonds is 4. The van der Waals surface area contributed by atoms with Crippen LogP contribution >= 0.6 is 11.6 Å². The van der Waals surface area contributed by atoms with Crippen molar-refractivity contribution in [1.82, 2.24) is 0 Å². The monoisotopic (exact) mass is 315 g/mol. The third kappa shape index (κ3) is 4.12. The van der Waals surface area contributed by atoms with Gasteiger partial charge in [0.05, 0.1) is 0 Å². The van der Waals surface area contributed by atoms with E-state index in [0.717, 1.165) is 11.4 Å². The highest BCUT2D eigenvalue weighted by molar-refractivity contribution is 6.30. The second-order valence-corrected chi connectivity index (χ2v) is 7.52. The molecular formula is C20H26ClN. The molecule has 0 aliphatic carbocycles. The van der Waals surface area contributed by atoms with Crippen LogP contribution in [0.25, 0.3) is 0 Å². The molecule has 2 N–H and O–H groups in total. The lowest BCUT2D eigenvalue weighted by atomic mass is 9.81. The van der Waals surface area contributed by atoms with E-state index < -0.39 is 0 Å². The molecule has 0 aromatic heterocycles. The summed E-state index contributed by atoms with van der Waals surface area (Å²) in [5, 5.41) is 0.777. The number of nitrogens with two attached hydrogens (primary N) is 1. The Morgan fingerprint density at radius 2 is 1.68 bits per heavy atom. The molecule has 0 saturated heterocycles. The number of aryl methyl sites for hydroxylation is 1. The molecule has 2 heteroatoms. The van der Waals surface area contributed by atoms with E-state index in [4.69, 9.17) is 17.3 Å². The van der Waals surface area contributed by atoms with Gasteiger partial charge in [-0.25, -0.2) is 0 Å². The average Bonchev–Trinajstić information content (AvgIpc) is 2.46. The zero-order chi connectivity index (χ0) is 16.3. The van der Waals surface area contributed by atoms with Crippen molar-refractivity contribution < 1.29 is 0 Å². The van der Waals surface area contributed by atoms with E-state index in [1.165, 1.54) is 22.3 Å². The van der Waals surface area contributed by atoms with Crippen molar-refractivity contribution in [2.45, 2.75) is 45.4 Å². The first kappa shape index (κ1) is 17.1. The minimum atomic E-state index is 0.155. The highest BCUT2D eigenvalue weighted by Gasteiger charge is 2.18. The summed E-state index contributed by atoms with van der Waals surface area (Å²) in [5.41, 5.74) is 11.6. The fourth-order valence-corrected chi connectivity index (χ4v) is 2.90. The number of halogens is 1. The maximum absolute atomic E-state index is 6.08. The van der Waals surface area contributed by atoms with Crippen LogP contribution in [0.4, 0.5) is 0 Å². The molecule has 2 aromatic carbocycles. The van der Waals surface area contributed by atoms with E-state index in [1.807, 2.05) is 12.1 Å². The van der Waals surface area contributed by atoms with E-state index in [-0.39, 0.29) is 5.41 Å². The van der Waals surface area contributed by atoms with Crippen LogP contribution in [0, 0.1) is 6.92 Å². The normalized spacial score (nSPS) is 13.2. The van der Waals surface area contributed by atoms with Crippen molar-refractivity contribution in [3.05, 3.63) is 69.7 Å². The molecule has 1 atom stereocenters. The highest BCUT2D eigenvalue weighted by Crippen LogP contribution is 2.29. The first-order valence-corrected chi connectivity index (χ1v) is 8.24. The molecule has 0 fully saturated rings. The van der Waals surface area contributed by atoms with Crippen LogP contribution in [0.15, 0.2) is 42.5 Å². The molecule has 0 spiro atoms. The lowest BCUT2D eigenvalue weighted by molar-refractivity contribution is 0.586. The quantitative estimate of drug-likeness (QED) is 0.821. The van der Waals surface area contributed by atoms with Crippen molar-refractivity contribution in [1.29, 1.82) is 0 Å².